The number of hydrogen-bond acceptors (Lipinski definition) is 5. The van der Waals surface area contributed by atoms with Crippen LogP contribution in [-0.2, 0) is 4.74 Å². The van der Waals surface area contributed by atoms with Crippen LogP contribution in [0.4, 0.5) is 10.5 Å². The molecule has 1 unspecified atom stereocenters. The van der Waals surface area contributed by atoms with Gasteiger partial charge in [0.25, 0.3) is 0 Å². The molecule has 0 aliphatic heterocycles. The maximum atomic E-state index is 12.0. The molecule has 2 amide bonds. The molecule has 1 aromatic carbocycles. The van der Waals surface area contributed by atoms with E-state index in [0.29, 0.717) is 23.7 Å². The van der Waals surface area contributed by atoms with Crippen molar-refractivity contribution in [1.29, 1.82) is 0 Å². The summed E-state index contributed by atoms with van der Waals surface area (Å²) < 4.78 is 15.8. The fraction of sp³-hybridized carbons (Fsp3) is 0.312. The van der Waals surface area contributed by atoms with Crippen molar-refractivity contribution >= 4 is 23.1 Å². The van der Waals surface area contributed by atoms with Gasteiger partial charge in [-0.3, -0.25) is 0 Å². The SMILES string of the molecule is COc1ccc(NC(=O)NCC(OC)c2ccsc2)cc1OC. The van der Waals surface area contributed by atoms with Gasteiger partial charge in [-0.1, -0.05) is 0 Å². The Bertz CT molecular complexity index is 631. The Morgan fingerprint density at radius 2 is 1.96 bits per heavy atom. The number of methoxy groups -OCH3 is 3. The first-order valence-electron chi connectivity index (χ1n) is 6.99. The minimum absolute atomic E-state index is 0.169. The summed E-state index contributed by atoms with van der Waals surface area (Å²) in [6, 6.07) is 6.85. The van der Waals surface area contributed by atoms with E-state index in [4.69, 9.17) is 14.2 Å². The second-order valence-electron chi connectivity index (χ2n) is 4.69. The van der Waals surface area contributed by atoms with E-state index in [1.54, 1.807) is 50.9 Å². The van der Waals surface area contributed by atoms with Gasteiger partial charge < -0.3 is 24.8 Å². The molecule has 0 aliphatic carbocycles. The van der Waals surface area contributed by atoms with Crippen LogP contribution in [-0.4, -0.2) is 33.9 Å². The Balaban J connectivity index is 1.92. The van der Waals surface area contributed by atoms with Crippen molar-refractivity contribution in [3.8, 4) is 11.5 Å². The Kier molecular flexibility index (Phi) is 6.25. The predicted octanol–water partition coefficient (Wildman–Crippen LogP) is 3.27. The quantitative estimate of drug-likeness (QED) is 0.814. The number of benzene rings is 1. The van der Waals surface area contributed by atoms with E-state index in [9.17, 15) is 4.79 Å². The summed E-state index contributed by atoms with van der Waals surface area (Å²) in [6.45, 7) is 0.381. The second-order valence-corrected chi connectivity index (χ2v) is 5.47. The molecule has 0 saturated heterocycles. The highest BCUT2D eigenvalue weighted by Gasteiger charge is 2.13. The molecule has 0 radical (unpaired) electrons. The van der Waals surface area contributed by atoms with Crippen LogP contribution >= 0.6 is 11.3 Å². The predicted molar refractivity (Wildman–Crippen MR) is 90.6 cm³/mol. The summed E-state index contributed by atoms with van der Waals surface area (Å²) >= 11 is 1.59. The van der Waals surface area contributed by atoms with Crippen LogP contribution in [0.25, 0.3) is 0 Å². The largest absolute Gasteiger partial charge is 0.493 e. The van der Waals surface area contributed by atoms with Crippen molar-refractivity contribution in [2.24, 2.45) is 0 Å². The summed E-state index contributed by atoms with van der Waals surface area (Å²) in [5, 5.41) is 9.53. The average molecular weight is 336 g/mol. The standard InChI is InChI=1S/C16H20N2O4S/c1-20-13-5-4-12(8-14(13)21-2)18-16(19)17-9-15(22-3)11-6-7-23-10-11/h4-8,10,15H,9H2,1-3H3,(H2,17,18,19). The first kappa shape index (κ1) is 17.1. The molecule has 2 N–H and O–H groups in total. The number of hydrogen-bond donors (Lipinski definition) is 2. The summed E-state index contributed by atoms with van der Waals surface area (Å²) in [5.41, 5.74) is 1.66. The Labute approximate surface area is 139 Å². The molecule has 0 saturated carbocycles. The molecule has 0 bridgehead atoms. The zero-order valence-electron chi connectivity index (χ0n) is 13.3. The van der Waals surface area contributed by atoms with Crippen LogP contribution in [0.2, 0.25) is 0 Å². The van der Waals surface area contributed by atoms with Gasteiger partial charge in [-0.15, -0.1) is 0 Å². The molecular formula is C16H20N2O4S. The molecule has 1 heterocycles. The molecule has 23 heavy (non-hydrogen) atoms. The van der Waals surface area contributed by atoms with Crippen LogP contribution in [0.3, 0.4) is 0 Å². The molecule has 124 valence electrons. The fourth-order valence-corrected chi connectivity index (χ4v) is 2.77. The number of carbonyl (C=O) groups is 1. The van der Waals surface area contributed by atoms with Gasteiger partial charge in [0.05, 0.1) is 14.2 Å². The molecule has 0 spiro atoms. The van der Waals surface area contributed by atoms with Crippen LogP contribution in [0, 0.1) is 0 Å². The highest BCUT2D eigenvalue weighted by molar-refractivity contribution is 7.07. The molecule has 1 atom stereocenters. The minimum atomic E-state index is -0.311. The molecule has 2 rings (SSSR count). The normalized spacial score (nSPS) is 11.6. The van der Waals surface area contributed by atoms with E-state index < -0.39 is 0 Å². The van der Waals surface area contributed by atoms with Crippen LogP contribution < -0.4 is 20.1 Å². The number of urea groups is 1. The summed E-state index contributed by atoms with van der Waals surface area (Å²) in [5.74, 6) is 1.16. The van der Waals surface area contributed by atoms with Gasteiger partial charge in [-0.2, -0.15) is 11.3 Å². The van der Waals surface area contributed by atoms with Crippen molar-refractivity contribution in [1.82, 2.24) is 5.32 Å². The smallest absolute Gasteiger partial charge is 0.319 e. The summed E-state index contributed by atoms with van der Waals surface area (Å²) in [6.07, 6.45) is -0.169. The Morgan fingerprint density at radius 1 is 1.17 bits per heavy atom. The second kappa shape index (κ2) is 8.40. The van der Waals surface area contributed by atoms with E-state index in [0.717, 1.165) is 5.56 Å². The van der Waals surface area contributed by atoms with E-state index >= 15 is 0 Å². The lowest BCUT2D eigenvalue weighted by atomic mass is 10.2. The molecule has 0 aliphatic rings. The van der Waals surface area contributed by atoms with Gasteiger partial charge in [-0.25, -0.2) is 4.79 Å². The van der Waals surface area contributed by atoms with Gasteiger partial charge in [-0.05, 0) is 34.5 Å². The first-order valence-corrected chi connectivity index (χ1v) is 7.94. The Morgan fingerprint density at radius 3 is 2.57 bits per heavy atom. The topological polar surface area (TPSA) is 68.8 Å². The van der Waals surface area contributed by atoms with E-state index in [1.165, 1.54) is 0 Å². The number of thiophene rings is 1. The van der Waals surface area contributed by atoms with Gasteiger partial charge in [0.1, 0.15) is 6.10 Å². The zero-order valence-corrected chi connectivity index (χ0v) is 14.1. The summed E-state index contributed by atoms with van der Waals surface area (Å²) in [4.78, 5) is 12.0. The number of amides is 2. The third-order valence-electron chi connectivity index (χ3n) is 3.29. The number of ether oxygens (including phenoxy) is 3. The molecular weight excluding hydrogens is 316 g/mol. The highest BCUT2D eigenvalue weighted by atomic mass is 32.1. The van der Waals surface area contributed by atoms with Crippen LogP contribution in [0.5, 0.6) is 11.5 Å². The van der Waals surface area contributed by atoms with Crippen LogP contribution in [0.15, 0.2) is 35.0 Å². The van der Waals surface area contributed by atoms with Gasteiger partial charge in [0, 0.05) is 25.4 Å². The van der Waals surface area contributed by atoms with Crippen molar-refractivity contribution < 1.29 is 19.0 Å². The van der Waals surface area contributed by atoms with E-state index in [1.807, 2.05) is 16.8 Å². The van der Waals surface area contributed by atoms with Crippen LogP contribution in [0.1, 0.15) is 11.7 Å². The molecule has 1 aromatic heterocycles. The van der Waals surface area contributed by atoms with E-state index in [2.05, 4.69) is 10.6 Å². The molecule has 7 heteroatoms. The minimum Gasteiger partial charge on any atom is -0.493 e. The number of anilines is 1. The highest BCUT2D eigenvalue weighted by Crippen LogP contribution is 2.29. The monoisotopic (exact) mass is 336 g/mol. The van der Waals surface area contributed by atoms with Crippen molar-refractivity contribution in [3.63, 3.8) is 0 Å². The first-order chi connectivity index (χ1) is 11.2. The van der Waals surface area contributed by atoms with Gasteiger partial charge >= 0.3 is 6.03 Å². The molecule has 6 nitrogen and oxygen atoms in total. The third-order valence-corrected chi connectivity index (χ3v) is 3.99. The van der Waals surface area contributed by atoms with Gasteiger partial charge in [0.2, 0.25) is 0 Å². The third kappa shape index (κ3) is 4.61. The van der Waals surface area contributed by atoms with Crippen molar-refractivity contribution in [2.45, 2.75) is 6.10 Å². The summed E-state index contributed by atoms with van der Waals surface area (Å²) in [7, 11) is 4.73. The Hall–Kier alpha value is -2.25. The van der Waals surface area contributed by atoms with E-state index in [-0.39, 0.29) is 12.1 Å². The lowest BCUT2D eigenvalue weighted by molar-refractivity contribution is 0.105. The maximum Gasteiger partial charge on any atom is 0.319 e. The van der Waals surface area contributed by atoms with Crippen molar-refractivity contribution in [2.75, 3.05) is 33.2 Å². The molecule has 2 aromatic rings. The number of carbonyl (C=O) groups excluding carboxylic acids is 1. The van der Waals surface area contributed by atoms with Crippen molar-refractivity contribution in [3.05, 3.63) is 40.6 Å². The number of nitrogens with one attached hydrogen (secondary N) is 2. The van der Waals surface area contributed by atoms with Gasteiger partial charge in [0.15, 0.2) is 11.5 Å². The zero-order chi connectivity index (χ0) is 16.7. The maximum absolute atomic E-state index is 12.0. The molecule has 0 fully saturated rings. The lowest BCUT2D eigenvalue weighted by Crippen LogP contribution is -2.32. The lowest BCUT2D eigenvalue weighted by Gasteiger charge is -2.16. The average Bonchev–Trinajstić information content (AvgIpc) is 3.09. The fourth-order valence-electron chi connectivity index (χ4n) is 2.07. The number of rotatable bonds is 7.